The van der Waals surface area contributed by atoms with Crippen molar-refractivity contribution in [3.8, 4) is 17.5 Å². The number of aromatic amines is 3. The Morgan fingerprint density at radius 1 is 0.786 bits per heavy atom. The summed E-state index contributed by atoms with van der Waals surface area (Å²) in [4.78, 5) is 48.0. The highest BCUT2D eigenvalue weighted by atomic mass is 35.5. The Hall–Kier alpha value is -6.11. The molecule has 0 bridgehead atoms. The SMILES string of the molecule is N#Cc1cc(Cl)ccc1NC(=O)Cc1nc2ccc(N3CCOCC3)cc2[nH]1.Nc1c(-c2nc3ccc(N4CCOCC4)cc3[nH]2)c(=O)[nH]c2ccc(Cl)cc12. The lowest BCUT2D eigenvalue weighted by atomic mass is 10.1. The van der Waals surface area contributed by atoms with Crippen molar-refractivity contribution in [3.63, 3.8) is 0 Å². The fourth-order valence-electron chi connectivity index (χ4n) is 6.88. The summed E-state index contributed by atoms with van der Waals surface area (Å²) in [6.07, 6.45) is 0.0784. The molecule has 0 aliphatic carbocycles. The minimum absolute atomic E-state index is 0.0784. The number of hydrogen-bond donors (Lipinski definition) is 5. The average molecular weight is 792 g/mol. The minimum Gasteiger partial charge on any atom is -0.397 e. The first-order valence-corrected chi connectivity index (χ1v) is 18.7. The van der Waals surface area contributed by atoms with Gasteiger partial charge in [-0.25, -0.2) is 9.97 Å². The van der Waals surface area contributed by atoms with Gasteiger partial charge in [-0.15, -0.1) is 0 Å². The van der Waals surface area contributed by atoms with E-state index in [-0.39, 0.29) is 17.9 Å². The van der Waals surface area contributed by atoms with Crippen molar-refractivity contribution >= 4 is 84.8 Å². The monoisotopic (exact) mass is 790 g/mol. The predicted octanol–water partition coefficient (Wildman–Crippen LogP) is 6.25. The van der Waals surface area contributed by atoms with Crippen LogP contribution < -0.4 is 26.4 Å². The third-order valence-electron chi connectivity index (χ3n) is 9.69. The first kappa shape index (κ1) is 36.8. The van der Waals surface area contributed by atoms with Crippen LogP contribution in [0.2, 0.25) is 10.0 Å². The number of amides is 1. The number of carbonyl (C=O) groups is 1. The molecular weight excluding hydrogens is 755 g/mol. The van der Waals surface area contributed by atoms with E-state index in [1.165, 1.54) is 6.07 Å². The van der Waals surface area contributed by atoms with Gasteiger partial charge in [-0.1, -0.05) is 23.2 Å². The first-order chi connectivity index (χ1) is 27.2. The third kappa shape index (κ3) is 7.84. The highest BCUT2D eigenvalue weighted by molar-refractivity contribution is 6.31. The van der Waals surface area contributed by atoms with E-state index in [1.807, 2.05) is 42.5 Å². The molecule has 3 aromatic heterocycles. The first-order valence-electron chi connectivity index (χ1n) is 18.0. The molecule has 16 heteroatoms. The summed E-state index contributed by atoms with van der Waals surface area (Å²) < 4.78 is 10.8. The Balaban J connectivity index is 0.000000157. The molecule has 2 aliphatic rings. The van der Waals surface area contributed by atoms with Gasteiger partial charge in [0.15, 0.2) is 0 Å². The van der Waals surface area contributed by atoms with Crippen molar-refractivity contribution < 1.29 is 14.3 Å². The Labute approximate surface area is 330 Å². The van der Waals surface area contributed by atoms with E-state index in [0.717, 1.165) is 86.0 Å². The van der Waals surface area contributed by atoms with E-state index in [0.29, 0.717) is 55.1 Å². The number of anilines is 4. The van der Waals surface area contributed by atoms with Crippen LogP contribution in [0.15, 0.2) is 77.6 Å². The number of pyridine rings is 1. The van der Waals surface area contributed by atoms with Crippen LogP contribution in [-0.2, 0) is 20.7 Å². The largest absolute Gasteiger partial charge is 0.397 e. The molecular formula is C40H36Cl2N10O4. The number of H-pyrrole nitrogens is 3. The van der Waals surface area contributed by atoms with Gasteiger partial charge in [0.2, 0.25) is 5.91 Å². The standard InChI is InChI=1S/2C20H18ClN5O2/c21-11-1-3-14-13(9-11)18(22)17(20(27)25-14)19-23-15-4-2-12(10-16(15)24-19)26-5-7-28-8-6-26;21-14-1-3-16(13(9-14)12-22)25-20(27)11-19-23-17-4-2-15(10-18(17)24-19)26-5-7-28-8-6-26/h1-4,9-10H,5-8H2,(H,23,24)(H3,22,25,27);1-4,9-10H,5-8,11H2,(H,23,24)(H,25,27). The van der Waals surface area contributed by atoms with Crippen LogP contribution in [0.25, 0.3) is 44.4 Å². The lowest BCUT2D eigenvalue weighted by molar-refractivity contribution is -0.115. The van der Waals surface area contributed by atoms with Crippen LogP contribution in [0.3, 0.4) is 0 Å². The molecule has 6 N–H and O–H groups in total. The number of morpholine rings is 2. The zero-order valence-corrected chi connectivity index (χ0v) is 31.5. The van der Waals surface area contributed by atoms with Crippen LogP contribution >= 0.6 is 23.2 Å². The van der Waals surface area contributed by atoms with E-state index in [2.05, 4.69) is 40.0 Å². The number of benzene rings is 4. The summed E-state index contributed by atoms with van der Waals surface area (Å²) in [5.41, 5.74) is 13.6. The molecule has 284 valence electrons. The average Bonchev–Trinajstić information content (AvgIpc) is 3.82. The second kappa shape index (κ2) is 15.9. The molecule has 2 aliphatic heterocycles. The number of hydrogen-bond acceptors (Lipinski definition) is 10. The topological polar surface area (TPSA) is 194 Å². The smallest absolute Gasteiger partial charge is 0.261 e. The maximum Gasteiger partial charge on any atom is 0.261 e. The summed E-state index contributed by atoms with van der Waals surface area (Å²) in [5, 5.41) is 13.6. The molecule has 0 spiro atoms. The highest BCUT2D eigenvalue weighted by Crippen LogP contribution is 2.31. The summed E-state index contributed by atoms with van der Waals surface area (Å²) in [7, 11) is 0. The summed E-state index contributed by atoms with van der Waals surface area (Å²) in [6.45, 7) is 6.31. The molecule has 9 rings (SSSR count). The van der Waals surface area contributed by atoms with Crippen molar-refractivity contribution in [2.75, 3.05) is 73.5 Å². The van der Waals surface area contributed by atoms with Crippen LogP contribution in [0.5, 0.6) is 0 Å². The third-order valence-corrected chi connectivity index (χ3v) is 10.2. The van der Waals surface area contributed by atoms with Crippen LogP contribution in [0, 0.1) is 11.3 Å². The Bertz CT molecular complexity index is 2690. The van der Waals surface area contributed by atoms with E-state index >= 15 is 0 Å². The van der Waals surface area contributed by atoms with Gasteiger partial charge in [0.05, 0.1) is 77.4 Å². The molecule has 7 aromatic rings. The quantitative estimate of drug-likeness (QED) is 0.129. The number of rotatable bonds is 6. The normalized spacial score (nSPS) is 14.4. The zero-order valence-electron chi connectivity index (χ0n) is 30.0. The Morgan fingerprint density at radius 2 is 1.39 bits per heavy atom. The van der Waals surface area contributed by atoms with Crippen LogP contribution in [-0.4, -0.2) is 83.4 Å². The van der Waals surface area contributed by atoms with Gasteiger partial charge in [-0.2, -0.15) is 5.26 Å². The van der Waals surface area contributed by atoms with Gasteiger partial charge in [-0.3, -0.25) is 9.59 Å². The molecule has 2 saturated heterocycles. The van der Waals surface area contributed by atoms with E-state index in [9.17, 15) is 14.9 Å². The highest BCUT2D eigenvalue weighted by Gasteiger charge is 2.19. The van der Waals surface area contributed by atoms with Gasteiger partial charge in [0.1, 0.15) is 23.3 Å². The van der Waals surface area contributed by atoms with Crippen molar-refractivity contribution in [3.05, 3.63) is 105 Å². The summed E-state index contributed by atoms with van der Waals surface area (Å²) in [6, 6.07) is 24.0. The van der Waals surface area contributed by atoms with Gasteiger partial charge in [-0.05, 0) is 72.8 Å². The molecule has 5 heterocycles. The summed E-state index contributed by atoms with van der Waals surface area (Å²) in [5.74, 6) is 0.750. The number of ether oxygens (including phenoxy) is 2. The number of nitrogens with two attached hydrogens (primary N) is 1. The second-order valence-electron chi connectivity index (χ2n) is 13.3. The number of nitriles is 1. The molecule has 56 heavy (non-hydrogen) atoms. The molecule has 0 radical (unpaired) electrons. The number of halogens is 2. The van der Waals surface area contributed by atoms with Gasteiger partial charge >= 0.3 is 0 Å². The Morgan fingerprint density at radius 3 is 2.05 bits per heavy atom. The maximum atomic E-state index is 12.7. The number of aromatic nitrogens is 5. The van der Waals surface area contributed by atoms with Crippen molar-refractivity contribution in [1.82, 2.24) is 24.9 Å². The number of fused-ring (bicyclic) bond motifs is 3. The van der Waals surface area contributed by atoms with E-state index in [4.69, 9.17) is 38.4 Å². The fraction of sp³-hybridized carbons (Fsp3) is 0.225. The van der Waals surface area contributed by atoms with Crippen molar-refractivity contribution in [2.24, 2.45) is 0 Å². The van der Waals surface area contributed by atoms with Crippen molar-refractivity contribution in [2.45, 2.75) is 6.42 Å². The summed E-state index contributed by atoms with van der Waals surface area (Å²) >= 11 is 12.0. The number of carbonyl (C=O) groups excluding carboxylic acids is 1. The van der Waals surface area contributed by atoms with Gasteiger partial charge in [0, 0.05) is 53.0 Å². The number of nitrogens with one attached hydrogen (secondary N) is 4. The van der Waals surface area contributed by atoms with Gasteiger partial charge < -0.3 is 45.3 Å². The molecule has 14 nitrogen and oxygen atoms in total. The zero-order chi connectivity index (χ0) is 38.8. The number of imidazole rings is 2. The lowest BCUT2D eigenvalue weighted by Crippen LogP contribution is -2.36. The molecule has 2 fully saturated rings. The van der Waals surface area contributed by atoms with E-state index < -0.39 is 0 Å². The predicted molar refractivity (Wildman–Crippen MR) is 220 cm³/mol. The minimum atomic E-state index is -0.292. The molecule has 0 unspecified atom stereocenters. The van der Waals surface area contributed by atoms with Crippen LogP contribution in [0.1, 0.15) is 11.4 Å². The Kier molecular flexibility index (Phi) is 10.5. The van der Waals surface area contributed by atoms with Crippen molar-refractivity contribution in [1.29, 1.82) is 5.26 Å². The lowest BCUT2D eigenvalue weighted by Gasteiger charge is -2.28. The maximum absolute atomic E-state index is 12.7. The van der Waals surface area contributed by atoms with Gasteiger partial charge in [0.25, 0.3) is 5.56 Å². The molecule has 4 aromatic carbocycles. The number of nitrogens with zero attached hydrogens (tertiary/aromatic N) is 5. The van der Waals surface area contributed by atoms with Crippen LogP contribution in [0.4, 0.5) is 22.7 Å². The number of nitrogen functional groups attached to an aromatic ring is 1. The van der Waals surface area contributed by atoms with E-state index in [1.54, 1.807) is 30.3 Å². The molecule has 1 amide bonds. The molecule has 0 atom stereocenters. The fourth-order valence-corrected chi connectivity index (χ4v) is 7.22. The second-order valence-corrected chi connectivity index (χ2v) is 14.2. The molecule has 0 saturated carbocycles.